The Morgan fingerprint density at radius 3 is 2.90 bits per heavy atom. The van der Waals surface area contributed by atoms with E-state index in [2.05, 4.69) is 35.4 Å². The summed E-state index contributed by atoms with van der Waals surface area (Å²) < 4.78 is 0. The predicted octanol–water partition coefficient (Wildman–Crippen LogP) is 3.27. The fourth-order valence-electron chi connectivity index (χ4n) is 2.80. The van der Waals surface area contributed by atoms with Crippen molar-refractivity contribution in [2.75, 3.05) is 5.32 Å². The van der Waals surface area contributed by atoms with Crippen molar-refractivity contribution in [2.24, 2.45) is 0 Å². The molecule has 1 aliphatic rings. The molecule has 2 N–H and O–H groups in total. The van der Waals surface area contributed by atoms with Crippen molar-refractivity contribution in [2.45, 2.75) is 39.0 Å². The lowest BCUT2D eigenvalue weighted by Crippen LogP contribution is -2.15. The Morgan fingerprint density at radius 1 is 1.30 bits per heavy atom. The van der Waals surface area contributed by atoms with Crippen LogP contribution in [0.4, 0.5) is 5.69 Å². The summed E-state index contributed by atoms with van der Waals surface area (Å²) in [5.74, 6) is 0.258. The molecule has 0 atom stereocenters. The summed E-state index contributed by atoms with van der Waals surface area (Å²) >= 11 is 0. The van der Waals surface area contributed by atoms with Gasteiger partial charge in [0.2, 0.25) is 0 Å². The second-order valence-electron chi connectivity index (χ2n) is 5.58. The van der Waals surface area contributed by atoms with E-state index < -0.39 is 0 Å². The lowest BCUT2D eigenvalue weighted by atomic mass is 10.0. The minimum Gasteiger partial charge on any atom is -0.320 e. The number of carbonyl (C=O) groups excluding carboxylic acids is 1. The lowest BCUT2D eigenvalue weighted by molar-refractivity contribution is 0.102. The maximum absolute atomic E-state index is 12.4. The van der Waals surface area contributed by atoms with Gasteiger partial charge in [-0.3, -0.25) is 9.89 Å². The summed E-state index contributed by atoms with van der Waals surface area (Å²) in [4.78, 5) is 12.4. The number of aromatic amines is 1. The Kier molecular flexibility index (Phi) is 3.30. The highest BCUT2D eigenvalue weighted by molar-refractivity contribution is 6.04. The Labute approximate surface area is 118 Å². The van der Waals surface area contributed by atoms with E-state index in [0.29, 0.717) is 11.6 Å². The van der Waals surface area contributed by atoms with Crippen molar-refractivity contribution in [3.8, 4) is 0 Å². The molecular formula is C16H19N3O. The minimum absolute atomic E-state index is 0.113. The van der Waals surface area contributed by atoms with Gasteiger partial charge >= 0.3 is 0 Å². The highest BCUT2D eigenvalue weighted by atomic mass is 16.1. The van der Waals surface area contributed by atoms with E-state index in [4.69, 9.17) is 0 Å². The normalized spacial score (nSPS) is 13.6. The number of hydrogen-bond acceptors (Lipinski definition) is 2. The Morgan fingerprint density at radius 2 is 2.10 bits per heavy atom. The molecule has 1 aromatic carbocycles. The monoisotopic (exact) mass is 269 g/mol. The van der Waals surface area contributed by atoms with E-state index in [-0.39, 0.29) is 5.91 Å². The maximum Gasteiger partial charge on any atom is 0.276 e. The first-order valence-corrected chi connectivity index (χ1v) is 7.13. The van der Waals surface area contributed by atoms with Gasteiger partial charge in [0.15, 0.2) is 5.69 Å². The highest BCUT2D eigenvalue weighted by Gasteiger charge is 2.23. The van der Waals surface area contributed by atoms with Crippen LogP contribution in [0.25, 0.3) is 0 Å². The number of nitrogens with zero attached hydrogens (tertiary/aromatic N) is 1. The van der Waals surface area contributed by atoms with Crippen LogP contribution in [-0.4, -0.2) is 16.1 Å². The van der Waals surface area contributed by atoms with Crippen LogP contribution in [-0.2, 0) is 12.8 Å². The molecule has 4 heteroatoms. The second-order valence-corrected chi connectivity index (χ2v) is 5.58. The van der Waals surface area contributed by atoms with Gasteiger partial charge in [0.1, 0.15) is 0 Å². The number of aromatic nitrogens is 2. The van der Waals surface area contributed by atoms with Crippen LogP contribution < -0.4 is 5.32 Å². The zero-order valence-corrected chi connectivity index (χ0v) is 11.9. The number of aryl methyl sites for hydroxylation is 1. The van der Waals surface area contributed by atoms with Crippen molar-refractivity contribution < 1.29 is 4.79 Å². The largest absolute Gasteiger partial charge is 0.320 e. The van der Waals surface area contributed by atoms with Crippen LogP contribution in [0, 0.1) is 0 Å². The number of rotatable bonds is 3. The summed E-state index contributed by atoms with van der Waals surface area (Å²) in [5.41, 5.74) is 4.78. The fourth-order valence-corrected chi connectivity index (χ4v) is 2.80. The lowest BCUT2D eigenvalue weighted by Gasteiger charge is -2.13. The molecule has 0 fully saturated rings. The molecule has 0 aliphatic heterocycles. The molecule has 0 bridgehead atoms. The highest BCUT2D eigenvalue weighted by Crippen LogP contribution is 2.26. The molecule has 2 aromatic rings. The number of nitrogens with one attached hydrogen (secondary N) is 2. The number of para-hydroxylation sites is 1. The molecule has 1 amide bonds. The Balaban J connectivity index is 1.86. The molecule has 4 nitrogen and oxygen atoms in total. The molecule has 104 valence electrons. The number of hydrogen-bond donors (Lipinski definition) is 2. The molecule has 0 spiro atoms. The number of benzene rings is 1. The van der Waals surface area contributed by atoms with Crippen LogP contribution >= 0.6 is 0 Å². The number of carbonyl (C=O) groups is 1. The van der Waals surface area contributed by atoms with E-state index in [0.717, 1.165) is 41.8 Å². The molecular weight excluding hydrogens is 250 g/mol. The summed E-state index contributed by atoms with van der Waals surface area (Å²) in [6.45, 7) is 4.24. The van der Waals surface area contributed by atoms with E-state index in [1.807, 2.05) is 18.2 Å². The SMILES string of the molecule is CC(C)c1ccccc1NC(=O)c1n[nH]c2c1CCC2. The van der Waals surface area contributed by atoms with Gasteiger partial charge in [0, 0.05) is 16.9 Å². The Bertz CT molecular complexity index is 643. The maximum atomic E-state index is 12.4. The summed E-state index contributed by atoms with van der Waals surface area (Å²) in [7, 11) is 0. The van der Waals surface area contributed by atoms with Gasteiger partial charge in [-0.15, -0.1) is 0 Å². The zero-order chi connectivity index (χ0) is 14.1. The van der Waals surface area contributed by atoms with Crippen LogP contribution in [0.5, 0.6) is 0 Å². The van der Waals surface area contributed by atoms with Crippen LogP contribution in [0.15, 0.2) is 24.3 Å². The van der Waals surface area contributed by atoms with E-state index in [1.54, 1.807) is 0 Å². The van der Waals surface area contributed by atoms with Crippen LogP contribution in [0.2, 0.25) is 0 Å². The van der Waals surface area contributed by atoms with Gasteiger partial charge < -0.3 is 5.32 Å². The summed E-state index contributed by atoms with van der Waals surface area (Å²) in [6.07, 6.45) is 3.05. The van der Waals surface area contributed by atoms with Crippen molar-refractivity contribution in [1.82, 2.24) is 10.2 Å². The Hall–Kier alpha value is -2.10. The van der Waals surface area contributed by atoms with E-state index in [9.17, 15) is 4.79 Å². The van der Waals surface area contributed by atoms with Crippen molar-refractivity contribution in [3.05, 3.63) is 46.8 Å². The summed E-state index contributed by atoms with van der Waals surface area (Å²) in [6, 6.07) is 7.93. The predicted molar refractivity (Wildman–Crippen MR) is 79.1 cm³/mol. The standard InChI is InChI=1S/C16H19N3O/c1-10(2)11-6-3-4-8-13(11)17-16(20)15-12-7-5-9-14(12)18-19-15/h3-4,6,8,10H,5,7,9H2,1-2H3,(H,17,20)(H,18,19). The minimum atomic E-state index is -0.113. The topological polar surface area (TPSA) is 57.8 Å². The fraction of sp³-hybridized carbons (Fsp3) is 0.375. The molecule has 1 aliphatic carbocycles. The van der Waals surface area contributed by atoms with Crippen molar-refractivity contribution in [1.29, 1.82) is 0 Å². The first-order valence-electron chi connectivity index (χ1n) is 7.13. The molecule has 20 heavy (non-hydrogen) atoms. The summed E-state index contributed by atoms with van der Waals surface area (Å²) in [5, 5.41) is 10.2. The molecule has 0 unspecified atom stereocenters. The smallest absolute Gasteiger partial charge is 0.276 e. The van der Waals surface area contributed by atoms with Gasteiger partial charge in [-0.2, -0.15) is 5.10 Å². The zero-order valence-electron chi connectivity index (χ0n) is 11.9. The van der Waals surface area contributed by atoms with Gasteiger partial charge in [0.25, 0.3) is 5.91 Å². The number of anilines is 1. The average molecular weight is 269 g/mol. The van der Waals surface area contributed by atoms with Gasteiger partial charge in [-0.25, -0.2) is 0 Å². The van der Waals surface area contributed by atoms with Gasteiger partial charge in [-0.05, 0) is 36.8 Å². The first-order chi connectivity index (χ1) is 9.66. The van der Waals surface area contributed by atoms with Crippen LogP contribution in [0.3, 0.4) is 0 Å². The van der Waals surface area contributed by atoms with Crippen molar-refractivity contribution in [3.63, 3.8) is 0 Å². The third-order valence-electron chi connectivity index (χ3n) is 3.85. The number of fused-ring (bicyclic) bond motifs is 1. The van der Waals surface area contributed by atoms with Gasteiger partial charge in [-0.1, -0.05) is 32.0 Å². The molecule has 0 saturated carbocycles. The number of H-pyrrole nitrogens is 1. The van der Waals surface area contributed by atoms with E-state index in [1.165, 1.54) is 0 Å². The quantitative estimate of drug-likeness (QED) is 0.898. The number of amides is 1. The molecule has 1 aromatic heterocycles. The molecule has 0 saturated heterocycles. The second kappa shape index (κ2) is 5.12. The van der Waals surface area contributed by atoms with Crippen molar-refractivity contribution >= 4 is 11.6 Å². The third kappa shape index (κ3) is 2.22. The van der Waals surface area contributed by atoms with Crippen LogP contribution in [0.1, 0.15) is 53.5 Å². The molecule has 3 rings (SSSR count). The average Bonchev–Trinajstić information content (AvgIpc) is 3.01. The third-order valence-corrected chi connectivity index (χ3v) is 3.85. The van der Waals surface area contributed by atoms with E-state index >= 15 is 0 Å². The molecule has 0 radical (unpaired) electrons. The molecule has 1 heterocycles. The van der Waals surface area contributed by atoms with Gasteiger partial charge in [0.05, 0.1) is 0 Å². The first kappa shape index (κ1) is 12.9.